The summed E-state index contributed by atoms with van der Waals surface area (Å²) < 4.78 is 11.0. The van der Waals surface area contributed by atoms with Gasteiger partial charge in [-0.1, -0.05) is 42.5 Å². The predicted molar refractivity (Wildman–Crippen MR) is 103 cm³/mol. The summed E-state index contributed by atoms with van der Waals surface area (Å²) in [4.78, 5) is 20.1. The molecule has 1 N–H and O–H groups in total. The lowest BCUT2D eigenvalue weighted by Crippen LogP contribution is -2.11. The van der Waals surface area contributed by atoms with Crippen LogP contribution in [0.25, 0.3) is 33.1 Å². The zero-order chi connectivity index (χ0) is 17.9. The third-order valence-corrected chi connectivity index (χ3v) is 4.29. The van der Waals surface area contributed by atoms with Gasteiger partial charge in [0.25, 0.3) is 5.56 Å². The van der Waals surface area contributed by atoms with Crippen molar-refractivity contribution in [3.63, 3.8) is 0 Å². The second-order valence-corrected chi connectivity index (χ2v) is 5.93. The van der Waals surface area contributed by atoms with Gasteiger partial charge in [0.15, 0.2) is 0 Å². The van der Waals surface area contributed by atoms with E-state index in [1.165, 1.54) is 0 Å². The zero-order valence-corrected chi connectivity index (χ0v) is 14.4. The number of aromatic nitrogens is 2. The topological polar surface area (TPSA) is 64.2 Å². The van der Waals surface area contributed by atoms with E-state index in [1.807, 2.05) is 54.6 Å². The Bertz CT molecular complexity index is 1130. The van der Waals surface area contributed by atoms with E-state index < -0.39 is 0 Å². The smallest absolute Gasteiger partial charge is 0.259 e. The van der Waals surface area contributed by atoms with E-state index in [-0.39, 0.29) is 5.56 Å². The van der Waals surface area contributed by atoms with Gasteiger partial charge < -0.3 is 14.5 Å². The van der Waals surface area contributed by atoms with Crippen LogP contribution in [0.2, 0.25) is 0 Å². The van der Waals surface area contributed by atoms with E-state index in [4.69, 9.17) is 9.47 Å². The normalized spacial score (nSPS) is 11.1. The van der Waals surface area contributed by atoms with Crippen LogP contribution in [-0.4, -0.2) is 30.3 Å². The fraction of sp³-hybridized carbons (Fsp3) is 0.143. The summed E-state index contributed by atoms with van der Waals surface area (Å²) >= 11 is 0. The number of hydrogen-bond donors (Lipinski definition) is 1. The van der Waals surface area contributed by atoms with E-state index in [1.54, 1.807) is 13.2 Å². The molecule has 5 heteroatoms. The minimum Gasteiger partial charge on any atom is -0.490 e. The molecule has 4 rings (SSSR count). The summed E-state index contributed by atoms with van der Waals surface area (Å²) in [7, 11) is 1.63. The third kappa shape index (κ3) is 2.93. The van der Waals surface area contributed by atoms with Gasteiger partial charge in [-0.15, -0.1) is 0 Å². The molecule has 0 spiro atoms. The monoisotopic (exact) mass is 346 g/mol. The van der Waals surface area contributed by atoms with Crippen LogP contribution in [0.3, 0.4) is 0 Å². The van der Waals surface area contributed by atoms with Gasteiger partial charge in [0, 0.05) is 7.11 Å². The molecule has 3 aromatic carbocycles. The predicted octanol–water partition coefficient (Wildman–Crippen LogP) is 3.77. The number of para-hydroxylation sites is 1. The van der Waals surface area contributed by atoms with Gasteiger partial charge in [-0.05, 0) is 29.0 Å². The van der Waals surface area contributed by atoms with Crippen molar-refractivity contribution in [2.75, 3.05) is 20.3 Å². The lowest BCUT2D eigenvalue weighted by atomic mass is 10.0. The van der Waals surface area contributed by atoms with Crippen molar-refractivity contribution in [1.82, 2.24) is 9.97 Å². The van der Waals surface area contributed by atoms with Crippen LogP contribution in [0.4, 0.5) is 0 Å². The van der Waals surface area contributed by atoms with E-state index in [0.717, 1.165) is 16.3 Å². The molecule has 0 radical (unpaired) electrons. The molecule has 0 aliphatic carbocycles. The summed E-state index contributed by atoms with van der Waals surface area (Å²) in [6.45, 7) is 0.896. The summed E-state index contributed by atoms with van der Waals surface area (Å²) in [5, 5.41) is 2.59. The average molecular weight is 346 g/mol. The minimum atomic E-state index is -0.165. The van der Waals surface area contributed by atoms with E-state index in [9.17, 15) is 4.79 Å². The Labute approximate surface area is 150 Å². The first-order valence-corrected chi connectivity index (χ1v) is 8.41. The highest BCUT2D eigenvalue weighted by molar-refractivity contribution is 5.98. The fourth-order valence-corrected chi connectivity index (χ4v) is 3.06. The number of hydrogen-bond acceptors (Lipinski definition) is 4. The summed E-state index contributed by atoms with van der Waals surface area (Å²) in [5.41, 5.74) is 1.27. The summed E-state index contributed by atoms with van der Waals surface area (Å²) in [6, 6.07) is 19.2. The van der Waals surface area contributed by atoms with Crippen molar-refractivity contribution in [1.29, 1.82) is 0 Å². The number of H-pyrrole nitrogens is 1. The molecule has 0 amide bonds. The Hall–Kier alpha value is -3.18. The average Bonchev–Trinajstić information content (AvgIpc) is 2.68. The van der Waals surface area contributed by atoms with Crippen LogP contribution >= 0.6 is 0 Å². The number of methoxy groups -OCH3 is 1. The molecule has 0 saturated carbocycles. The highest BCUT2D eigenvalue weighted by Gasteiger charge is 2.15. The van der Waals surface area contributed by atoms with Crippen LogP contribution < -0.4 is 10.3 Å². The number of benzene rings is 3. The molecular weight excluding hydrogens is 328 g/mol. The first-order chi connectivity index (χ1) is 12.8. The Balaban J connectivity index is 1.96. The molecule has 0 saturated heterocycles. The van der Waals surface area contributed by atoms with Crippen molar-refractivity contribution in [3.05, 3.63) is 71.0 Å². The number of nitrogens with zero attached hydrogens (tertiary/aromatic N) is 1. The van der Waals surface area contributed by atoms with Crippen molar-refractivity contribution < 1.29 is 9.47 Å². The highest BCUT2D eigenvalue weighted by atomic mass is 16.5. The van der Waals surface area contributed by atoms with E-state index in [0.29, 0.717) is 35.7 Å². The first-order valence-electron chi connectivity index (χ1n) is 8.41. The lowest BCUT2D eigenvalue weighted by Gasteiger charge is -2.14. The molecule has 0 aliphatic heterocycles. The Morgan fingerprint density at radius 2 is 1.69 bits per heavy atom. The Kier molecular flexibility index (Phi) is 4.37. The van der Waals surface area contributed by atoms with Gasteiger partial charge in [0.05, 0.1) is 23.1 Å². The number of ether oxygens (including phenoxy) is 2. The SMILES string of the molecule is COCCOc1ccc2ccccc2c1-c1nc2ccccc2c(=O)[nH]1. The number of aromatic amines is 1. The molecule has 1 aromatic heterocycles. The maximum Gasteiger partial charge on any atom is 0.259 e. The van der Waals surface area contributed by atoms with Crippen molar-refractivity contribution >= 4 is 21.7 Å². The molecule has 0 bridgehead atoms. The molecule has 26 heavy (non-hydrogen) atoms. The second-order valence-electron chi connectivity index (χ2n) is 5.93. The van der Waals surface area contributed by atoms with E-state index in [2.05, 4.69) is 9.97 Å². The number of fused-ring (bicyclic) bond motifs is 2. The summed E-state index contributed by atoms with van der Waals surface area (Å²) in [5.74, 6) is 1.16. The van der Waals surface area contributed by atoms with Crippen LogP contribution in [0, 0.1) is 0 Å². The van der Waals surface area contributed by atoms with Gasteiger partial charge in [-0.2, -0.15) is 0 Å². The minimum absolute atomic E-state index is 0.165. The van der Waals surface area contributed by atoms with Crippen LogP contribution in [0.1, 0.15) is 0 Å². The highest BCUT2D eigenvalue weighted by Crippen LogP contribution is 2.35. The van der Waals surface area contributed by atoms with Crippen molar-refractivity contribution in [2.45, 2.75) is 0 Å². The Morgan fingerprint density at radius 3 is 2.54 bits per heavy atom. The molecule has 0 fully saturated rings. The molecule has 130 valence electrons. The van der Waals surface area contributed by atoms with Crippen LogP contribution in [-0.2, 0) is 4.74 Å². The summed E-state index contributed by atoms with van der Waals surface area (Å²) in [6.07, 6.45) is 0. The van der Waals surface area contributed by atoms with Crippen molar-refractivity contribution in [3.8, 4) is 17.1 Å². The number of nitrogens with one attached hydrogen (secondary N) is 1. The largest absolute Gasteiger partial charge is 0.490 e. The molecule has 0 atom stereocenters. The van der Waals surface area contributed by atoms with Gasteiger partial charge in [-0.3, -0.25) is 4.79 Å². The van der Waals surface area contributed by atoms with Crippen molar-refractivity contribution in [2.24, 2.45) is 0 Å². The number of rotatable bonds is 5. The van der Waals surface area contributed by atoms with E-state index >= 15 is 0 Å². The third-order valence-electron chi connectivity index (χ3n) is 4.29. The first kappa shape index (κ1) is 16.3. The second kappa shape index (κ2) is 6.98. The lowest BCUT2D eigenvalue weighted by molar-refractivity contribution is 0.146. The molecule has 5 nitrogen and oxygen atoms in total. The van der Waals surface area contributed by atoms with Gasteiger partial charge in [0.1, 0.15) is 18.2 Å². The van der Waals surface area contributed by atoms with Gasteiger partial charge >= 0.3 is 0 Å². The van der Waals surface area contributed by atoms with Crippen LogP contribution in [0.5, 0.6) is 5.75 Å². The van der Waals surface area contributed by atoms with Crippen LogP contribution in [0.15, 0.2) is 65.5 Å². The standard InChI is InChI=1S/C21H18N2O3/c1-25-12-13-26-18-11-10-14-6-2-3-7-15(14)19(18)20-22-17-9-5-4-8-16(17)21(24)23-20/h2-11H,12-13H2,1H3,(H,22,23,24). The molecular formula is C21H18N2O3. The molecule has 0 aliphatic rings. The Morgan fingerprint density at radius 1 is 0.923 bits per heavy atom. The molecule has 0 unspecified atom stereocenters. The van der Waals surface area contributed by atoms with Gasteiger partial charge in [-0.25, -0.2) is 4.98 Å². The van der Waals surface area contributed by atoms with Gasteiger partial charge in [0.2, 0.25) is 0 Å². The zero-order valence-electron chi connectivity index (χ0n) is 14.4. The molecule has 4 aromatic rings. The quantitative estimate of drug-likeness (QED) is 0.559. The maximum atomic E-state index is 12.5. The maximum absolute atomic E-state index is 12.5. The fourth-order valence-electron chi connectivity index (χ4n) is 3.06. The molecule has 1 heterocycles.